The predicted molar refractivity (Wildman–Crippen MR) is 60.0 cm³/mol. The van der Waals surface area contributed by atoms with E-state index in [0.29, 0.717) is 18.5 Å². The summed E-state index contributed by atoms with van der Waals surface area (Å²) in [6, 6.07) is 0. The van der Waals surface area contributed by atoms with Gasteiger partial charge in [-0.05, 0) is 13.3 Å². The van der Waals surface area contributed by atoms with Crippen LogP contribution < -0.4 is 0 Å². The number of amides is 1. The summed E-state index contributed by atoms with van der Waals surface area (Å²) >= 11 is 0. The lowest BCUT2D eigenvalue weighted by molar-refractivity contribution is -0.835. The van der Waals surface area contributed by atoms with Gasteiger partial charge in [-0.3, -0.25) is 0 Å². The fourth-order valence-electron chi connectivity index (χ4n) is 0.975. The molecule has 0 saturated carbocycles. The van der Waals surface area contributed by atoms with Crippen LogP contribution in [0.2, 0.25) is 0 Å². The third kappa shape index (κ3) is 4.02. The Kier molecular flexibility index (Phi) is 5.74. The number of quaternary nitrogens is 1. The number of carboxylic acid groups (broad SMARTS) is 1. The summed E-state index contributed by atoms with van der Waals surface area (Å²) in [7, 11) is 1.59. The largest absolute Gasteiger partial charge is 0.513 e. The number of esters is 1. The van der Waals surface area contributed by atoms with Crippen LogP contribution in [-0.2, 0) is 9.53 Å². The second-order valence-corrected chi connectivity index (χ2v) is 3.81. The number of nitrogens with zero attached hydrogens (tertiary/aromatic N) is 1. The van der Waals surface area contributed by atoms with Crippen molar-refractivity contribution in [3.8, 4) is 0 Å². The van der Waals surface area contributed by atoms with E-state index in [-0.39, 0.29) is 17.6 Å². The van der Waals surface area contributed by atoms with Crippen molar-refractivity contribution in [3.63, 3.8) is 0 Å². The lowest BCUT2D eigenvalue weighted by Crippen LogP contribution is -2.50. The molecule has 1 amide bonds. The molecule has 0 aromatic heterocycles. The minimum absolute atomic E-state index is 0.0918. The molecule has 0 aliphatic rings. The molecule has 0 spiro atoms. The summed E-state index contributed by atoms with van der Waals surface area (Å²) in [5, 5.41) is 8.97. The average molecular weight is 230 g/mol. The molecule has 1 atom stereocenters. The summed E-state index contributed by atoms with van der Waals surface area (Å²) in [4.78, 5) is 22.2. The highest BCUT2D eigenvalue weighted by atomic mass is 16.5. The Balaban J connectivity index is 4.11. The van der Waals surface area contributed by atoms with Crippen molar-refractivity contribution < 1.29 is 23.9 Å². The third-order valence-electron chi connectivity index (χ3n) is 2.69. The van der Waals surface area contributed by atoms with Crippen molar-refractivity contribution in [2.45, 2.75) is 20.3 Å². The first-order chi connectivity index (χ1) is 7.37. The number of carbonyl (C=O) groups excluding carboxylic acids is 1. The van der Waals surface area contributed by atoms with Gasteiger partial charge in [-0.25, -0.2) is 9.28 Å². The molecule has 0 aliphatic carbocycles. The molecule has 16 heavy (non-hydrogen) atoms. The van der Waals surface area contributed by atoms with Crippen molar-refractivity contribution in [2.24, 2.45) is 0 Å². The Morgan fingerprint density at radius 3 is 2.31 bits per heavy atom. The molecule has 0 fully saturated rings. The Morgan fingerprint density at radius 2 is 1.94 bits per heavy atom. The second kappa shape index (κ2) is 6.27. The molecular weight excluding hydrogens is 210 g/mol. The van der Waals surface area contributed by atoms with Gasteiger partial charge in [0, 0.05) is 5.57 Å². The van der Waals surface area contributed by atoms with Crippen LogP contribution in [0.5, 0.6) is 0 Å². The Bertz CT molecular complexity index is 288. The van der Waals surface area contributed by atoms with E-state index in [4.69, 9.17) is 9.84 Å². The fourth-order valence-corrected chi connectivity index (χ4v) is 0.975. The van der Waals surface area contributed by atoms with Crippen LogP contribution in [0.4, 0.5) is 4.79 Å². The molecular formula is C11H20NO4+. The van der Waals surface area contributed by atoms with E-state index >= 15 is 0 Å². The van der Waals surface area contributed by atoms with Gasteiger partial charge < -0.3 is 9.84 Å². The molecule has 5 heteroatoms. The quantitative estimate of drug-likeness (QED) is 0.428. The molecule has 0 rings (SSSR count). The van der Waals surface area contributed by atoms with E-state index in [2.05, 4.69) is 6.58 Å². The van der Waals surface area contributed by atoms with Crippen LogP contribution in [0.25, 0.3) is 0 Å². The molecule has 0 aromatic carbocycles. The molecule has 0 aromatic rings. The number of hydrogen-bond acceptors (Lipinski definition) is 3. The van der Waals surface area contributed by atoms with Crippen LogP contribution in [-0.4, -0.2) is 48.4 Å². The first-order valence-corrected chi connectivity index (χ1v) is 5.30. The average Bonchev–Trinajstić information content (AvgIpc) is 2.27. The minimum atomic E-state index is -0.923. The standard InChI is InChI=1S/C11H19NO4/c1-5-9(3)10(13)16-8-7-12(4,6-2)11(14)15/h3,5-8H2,1-2,4H3/p+1. The zero-order chi connectivity index (χ0) is 12.8. The molecule has 0 aliphatic heterocycles. The van der Waals surface area contributed by atoms with Crippen molar-refractivity contribution >= 4 is 12.1 Å². The Hall–Kier alpha value is -1.36. The summed E-state index contributed by atoms with van der Waals surface area (Å²) in [6.07, 6.45) is -0.384. The van der Waals surface area contributed by atoms with Crippen LogP contribution in [0, 0.1) is 0 Å². The van der Waals surface area contributed by atoms with Crippen molar-refractivity contribution in [2.75, 3.05) is 26.7 Å². The number of ether oxygens (including phenoxy) is 1. The monoisotopic (exact) mass is 230 g/mol. The summed E-state index contributed by atoms with van der Waals surface area (Å²) in [5.41, 5.74) is 0.404. The minimum Gasteiger partial charge on any atom is -0.456 e. The number of rotatable bonds is 6. The molecule has 0 heterocycles. The molecule has 0 radical (unpaired) electrons. The molecule has 0 bridgehead atoms. The predicted octanol–water partition coefficient (Wildman–Crippen LogP) is 1.64. The highest BCUT2D eigenvalue weighted by molar-refractivity contribution is 5.87. The number of carbonyl (C=O) groups is 2. The maximum absolute atomic E-state index is 11.2. The molecule has 1 unspecified atom stereocenters. The summed E-state index contributed by atoms with van der Waals surface area (Å²) < 4.78 is 4.76. The SMILES string of the molecule is C=C(CC)C(=O)OCC[N+](C)(CC)C(=O)O. The number of likely N-dealkylation sites (N-methyl/N-ethyl adjacent to an activating group) is 1. The van der Waals surface area contributed by atoms with E-state index in [1.807, 2.05) is 6.92 Å². The second-order valence-electron chi connectivity index (χ2n) is 3.81. The molecule has 5 nitrogen and oxygen atoms in total. The molecule has 92 valence electrons. The van der Waals surface area contributed by atoms with Gasteiger partial charge in [0.25, 0.3) is 0 Å². The fraction of sp³-hybridized carbons (Fsp3) is 0.636. The summed E-state index contributed by atoms with van der Waals surface area (Å²) in [6.45, 7) is 7.94. The van der Waals surface area contributed by atoms with Crippen LogP contribution in [0.1, 0.15) is 20.3 Å². The van der Waals surface area contributed by atoms with Crippen LogP contribution in [0.15, 0.2) is 12.2 Å². The number of hydrogen-bond donors (Lipinski definition) is 1. The zero-order valence-corrected chi connectivity index (χ0v) is 10.2. The maximum atomic E-state index is 11.2. The van der Waals surface area contributed by atoms with Crippen molar-refractivity contribution in [1.82, 2.24) is 0 Å². The topological polar surface area (TPSA) is 63.6 Å². The zero-order valence-electron chi connectivity index (χ0n) is 10.2. The summed E-state index contributed by atoms with van der Waals surface area (Å²) in [5.74, 6) is -0.449. The molecule has 0 saturated heterocycles. The van der Waals surface area contributed by atoms with E-state index in [9.17, 15) is 9.59 Å². The highest BCUT2D eigenvalue weighted by Crippen LogP contribution is 2.04. The third-order valence-corrected chi connectivity index (χ3v) is 2.69. The van der Waals surface area contributed by atoms with Gasteiger partial charge in [-0.2, -0.15) is 4.79 Å². The Morgan fingerprint density at radius 1 is 1.38 bits per heavy atom. The van der Waals surface area contributed by atoms with Crippen LogP contribution in [0.3, 0.4) is 0 Å². The van der Waals surface area contributed by atoms with Gasteiger partial charge in [0.05, 0.1) is 13.6 Å². The highest BCUT2D eigenvalue weighted by Gasteiger charge is 2.29. The first kappa shape index (κ1) is 14.6. The molecule has 1 N–H and O–H groups in total. The van der Waals surface area contributed by atoms with Gasteiger partial charge >= 0.3 is 12.1 Å². The van der Waals surface area contributed by atoms with Crippen molar-refractivity contribution in [3.05, 3.63) is 12.2 Å². The van der Waals surface area contributed by atoms with Gasteiger partial charge in [0.15, 0.2) is 0 Å². The lowest BCUT2D eigenvalue weighted by Gasteiger charge is -2.26. The van der Waals surface area contributed by atoms with Crippen LogP contribution >= 0.6 is 0 Å². The van der Waals surface area contributed by atoms with E-state index in [1.54, 1.807) is 14.0 Å². The van der Waals surface area contributed by atoms with E-state index in [1.165, 1.54) is 0 Å². The van der Waals surface area contributed by atoms with E-state index in [0.717, 1.165) is 0 Å². The first-order valence-electron chi connectivity index (χ1n) is 5.30. The van der Waals surface area contributed by atoms with Gasteiger partial charge in [-0.1, -0.05) is 13.5 Å². The maximum Gasteiger partial charge on any atom is 0.513 e. The smallest absolute Gasteiger partial charge is 0.456 e. The van der Waals surface area contributed by atoms with Gasteiger partial charge in [-0.15, -0.1) is 0 Å². The van der Waals surface area contributed by atoms with Gasteiger partial charge in [0.1, 0.15) is 13.2 Å². The van der Waals surface area contributed by atoms with Gasteiger partial charge in [0.2, 0.25) is 0 Å². The normalized spacial score (nSPS) is 13.9. The lowest BCUT2D eigenvalue weighted by atomic mass is 10.2. The Labute approximate surface area is 95.9 Å². The van der Waals surface area contributed by atoms with E-state index < -0.39 is 12.1 Å². The van der Waals surface area contributed by atoms with Crippen molar-refractivity contribution in [1.29, 1.82) is 0 Å².